The first-order valence-electron chi connectivity index (χ1n) is 6.27. The zero-order valence-corrected chi connectivity index (χ0v) is 13.6. The third-order valence-electron chi connectivity index (χ3n) is 2.90. The first-order valence-corrected chi connectivity index (χ1v) is 7.03. The van der Waals surface area contributed by atoms with Crippen molar-refractivity contribution in [3.8, 4) is 0 Å². The van der Waals surface area contributed by atoms with E-state index in [0.717, 1.165) is 11.1 Å². The lowest BCUT2D eigenvalue weighted by molar-refractivity contribution is 0.0696. The number of nitrogens with two attached hydrogens (primary N) is 1. The highest BCUT2D eigenvalue weighted by molar-refractivity contribution is 6.31. The third kappa shape index (κ3) is 5.06. The fourth-order valence-electron chi connectivity index (χ4n) is 1.68. The van der Waals surface area contributed by atoms with Crippen LogP contribution in [0.5, 0.6) is 0 Å². The van der Waals surface area contributed by atoms with Gasteiger partial charge in [0.2, 0.25) is 5.91 Å². The SMILES string of the molecule is Cc1ccc(Cl)cc1C(=O)O.Cc1ccc(Cl)cc1C(N)=O. The van der Waals surface area contributed by atoms with Gasteiger partial charge in [-0.15, -0.1) is 0 Å². The zero-order chi connectivity index (χ0) is 16.9. The summed E-state index contributed by atoms with van der Waals surface area (Å²) in [5.41, 5.74) is 7.40. The van der Waals surface area contributed by atoms with Crippen LogP contribution in [0, 0.1) is 13.8 Å². The molecule has 0 saturated heterocycles. The van der Waals surface area contributed by atoms with Crippen molar-refractivity contribution in [2.24, 2.45) is 5.73 Å². The lowest BCUT2D eigenvalue weighted by atomic mass is 10.1. The molecule has 2 aromatic rings. The molecule has 1 amide bonds. The lowest BCUT2D eigenvalue weighted by Gasteiger charge is -2.00. The molecule has 2 aromatic carbocycles. The molecule has 22 heavy (non-hydrogen) atoms. The molecule has 0 aromatic heterocycles. The van der Waals surface area contributed by atoms with Gasteiger partial charge in [-0.1, -0.05) is 35.3 Å². The predicted molar refractivity (Wildman–Crippen MR) is 87.9 cm³/mol. The Morgan fingerprint density at radius 3 is 1.64 bits per heavy atom. The van der Waals surface area contributed by atoms with Crippen LogP contribution in [0.4, 0.5) is 0 Å². The van der Waals surface area contributed by atoms with E-state index < -0.39 is 11.9 Å². The molecule has 3 N–H and O–H groups in total. The molecule has 0 aliphatic rings. The molecular weight excluding hydrogens is 325 g/mol. The first-order chi connectivity index (χ1) is 10.2. The van der Waals surface area contributed by atoms with Gasteiger partial charge in [0.15, 0.2) is 0 Å². The monoisotopic (exact) mass is 339 g/mol. The minimum absolute atomic E-state index is 0.262. The van der Waals surface area contributed by atoms with E-state index in [2.05, 4.69) is 0 Å². The highest BCUT2D eigenvalue weighted by Gasteiger charge is 2.06. The Kier molecular flexibility index (Phi) is 6.40. The van der Waals surface area contributed by atoms with Crippen LogP contribution in [0.15, 0.2) is 36.4 Å². The average molecular weight is 340 g/mol. The fourth-order valence-corrected chi connectivity index (χ4v) is 2.03. The van der Waals surface area contributed by atoms with Crippen molar-refractivity contribution in [2.75, 3.05) is 0 Å². The van der Waals surface area contributed by atoms with Crippen LogP contribution < -0.4 is 5.73 Å². The summed E-state index contributed by atoms with van der Waals surface area (Å²) in [5.74, 6) is -1.38. The number of aryl methyl sites for hydroxylation is 2. The number of carbonyl (C=O) groups excluding carboxylic acids is 1. The Balaban J connectivity index is 0.000000220. The Morgan fingerprint density at radius 2 is 1.32 bits per heavy atom. The number of carboxylic acid groups (broad SMARTS) is 1. The van der Waals surface area contributed by atoms with E-state index in [1.54, 1.807) is 37.3 Å². The molecule has 0 aliphatic carbocycles. The molecule has 4 nitrogen and oxygen atoms in total. The van der Waals surface area contributed by atoms with E-state index in [1.165, 1.54) is 6.07 Å². The number of benzene rings is 2. The third-order valence-corrected chi connectivity index (χ3v) is 3.37. The summed E-state index contributed by atoms with van der Waals surface area (Å²) in [7, 11) is 0. The summed E-state index contributed by atoms with van der Waals surface area (Å²) in [4.78, 5) is 21.3. The van der Waals surface area contributed by atoms with Gasteiger partial charge in [-0.25, -0.2) is 4.79 Å². The molecule has 0 fully saturated rings. The van der Waals surface area contributed by atoms with Gasteiger partial charge >= 0.3 is 5.97 Å². The maximum Gasteiger partial charge on any atom is 0.336 e. The topological polar surface area (TPSA) is 80.4 Å². The van der Waals surface area contributed by atoms with Gasteiger partial charge in [0.1, 0.15) is 0 Å². The second kappa shape index (κ2) is 7.82. The molecule has 0 spiro atoms. The zero-order valence-electron chi connectivity index (χ0n) is 12.1. The van der Waals surface area contributed by atoms with Crippen molar-refractivity contribution in [3.63, 3.8) is 0 Å². The van der Waals surface area contributed by atoms with Gasteiger partial charge < -0.3 is 10.8 Å². The Morgan fingerprint density at radius 1 is 0.909 bits per heavy atom. The minimum atomic E-state index is -0.940. The van der Waals surface area contributed by atoms with Gasteiger partial charge in [-0.2, -0.15) is 0 Å². The molecule has 6 heteroatoms. The van der Waals surface area contributed by atoms with Crippen molar-refractivity contribution in [1.29, 1.82) is 0 Å². The number of aromatic carboxylic acids is 1. The second-order valence-corrected chi connectivity index (χ2v) is 5.46. The average Bonchev–Trinajstić information content (AvgIpc) is 2.44. The van der Waals surface area contributed by atoms with Crippen LogP contribution >= 0.6 is 23.2 Å². The Hall–Kier alpha value is -2.04. The normalized spacial score (nSPS) is 9.64. The summed E-state index contributed by atoms with van der Waals surface area (Å²) in [6.45, 7) is 3.55. The van der Waals surface area contributed by atoms with E-state index in [0.29, 0.717) is 15.6 Å². The molecule has 0 atom stereocenters. The van der Waals surface area contributed by atoms with E-state index in [-0.39, 0.29) is 5.56 Å². The van der Waals surface area contributed by atoms with Crippen LogP contribution in [-0.4, -0.2) is 17.0 Å². The van der Waals surface area contributed by atoms with E-state index in [1.807, 2.05) is 6.92 Å². The molecular formula is C16H15Cl2NO3. The van der Waals surface area contributed by atoms with Gasteiger partial charge in [0.05, 0.1) is 5.56 Å². The van der Waals surface area contributed by atoms with Crippen LogP contribution in [0.25, 0.3) is 0 Å². The summed E-state index contributed by atoms with van der Waals surface area (Å²) < 4.78 is 0. The van der Waals surface area contributed by atoms with Crippen LogP contribution in [0.1, 0.15) is 31.8 Å². The van der Waals surface area contributed by atoms with Crippen LogP contribution in [-0.2, 0) is 0 Å². The van der Waals surface area contributed by atoms with Crippen molar-refractivity contribution in [3.05, 3.63) is 68.7 Å². The summed E-state index contributed by atoms with van der Waals surface area (Å²) in [6, 6.07) is 9.86. The highest BCUT2D eigenvalue weighted by atomic mass is 35.5. The van der Waals surface area contributed by atoms with Gasteiger partial charge in [0, 0.05) is 15.6 Å². The molecule has 2 rings (SSSR count). The maximum absolute atomic E-state index is 10.7. The minimum Gasteiger partial charge on any atom is -0.478 e. The van der Waals surface area contributed by atoms with Gasteiger partial charge in [-0.3, -0.25) is 4.79 Å². The van der Waals surface area contributed by atoms with Gasteiger partial charge in [-0.05, 0) is 49.2 Å². The lowest BCUT2D eigenvalue weighted by Crippen LogP contribution is -2.12. The summed E-state index contributed by atoms with van der Waals surface area (Å²) in [5, 5.41) is 9.62. The number of rotatable bonds is 2. The quantitative estimate of drug-likeness (QED) is 0.864. The van der Waals surface area contributed by atoms with E-state index >= 15 is 0 Å². The number of halogens is 2. The largest absolute Gasteiger partial charge is 0.478 e. The molecule has 0 saturated carbocycles. The molecule has 0 bridgehead atoms. The van der Waals surface area contributed by atoms with E-state index in [4.69, 9.17) is 34.0 Å². The molecule has 0 aliphatic heterocycles. The molecule has 0 unspecified atom stereocenters. The summed E-state index contributed by atoms with van der Waals surface area (Å²) >= 11 is 11.3. The molecule has 0 radical (unpaired) electrons. The van der Waals surface area contributed by atoms with Crippen molar-refractivity contribution in [1.82, 2.24) is 0 Å². The standard InChI is InChI=1S/C8H8ClNO.C8H7ClO2/c2*1-5-2-3-6(9)4-7(5)8(10)11/h2-4H,1H3,(H2,10,11);2-4H,1H3,(H,10,11). The molecule has 116 valence electrons. The highest BCUT2D eigenvalue weighted by Crippen LogP contribution is 2.15. The number of carbonyl (C=O) groups is 2. The van der Waals surface area contributed by atoms with Gasteiger partial charge in [0.25, 0.3) is 0 Å². The fraction of sp³-hybridized carbons (Fsp3) is 0.125. The van der Waals surface area contributed by atoms with Crippen molar-refractivity contribution in [2.45, 2.75) is 13.8 Å². The van der Waals surface area contributed by atoms with E-state index in [9.17, 15) is 9.59 Å². The Labute approximate surface area is 138 Å². The first kappa shape index (κ1) is 18.0. The number of hydrogen-bond donors (Lipinski definition) is 2. The second-order valence-electron chi connectivity index (χ2n) is 4.59. The smallest absolute Gasteiger partial charge is 0.336 e. The maximum atomic E-state index is 10.7. The predicted octanol–water partition coefficient (Wildman–Crippen LogP) is 4.09. The van der Waals surface area contributed by atoms with Crippen LogP contribution in [0.2, 0.25) is 10.0 Å². The number of primary amides is 1. The van der Waals surface area contributed by atoms with Crippen molar-refractivity contribution < 1.29 is 14.7 Å². The number of hydrogen-bond acceptors (Lipinski definition) is 2. The van der Waals surface area contributed by atoms with Crippen LogP contribution in [0.3, 0.4) is 0 Å². The number of amides is 1. The Bertz CT molecular complexity index is 653. The molecule has 0 heterocycles. The van der Waals surface area contributed by atoms with Crippen molar-refractivity contribution >= 4 is 35.1 Å². The summed E-state index contributed by atoms with van der Waals surface area (Å²) in [6.07, 6.45) is 0. The number of carboxylic acids is 1.